The molecule has 1 aliphatic rings. The summed E-state index contributed by atoms with van der Waals surface area (Å²) in [5.74, 6) is 0.507. The quantitative estimate of drug-likeness (QED) is 0.701. The molecule has 7 heteroatoms. The van der Waals surface area contributed by atoms with Crippen molar-refractivity contribution in [3.05, 3.63) is 66.5 Å². The molecule has 28 heavy (non-hydrogen) atoms. The largest absolute Gasteiger partial charge is 0.355 e. The Morgan fingerprint density at radius 2 is 1.64 bits per heavy atom. The molecule has 0 aliphatic carbocycles. The van der Waals surface area contributed by atoms with Crippen LogP contribution in [-0.4, -0.2) is 29.3 Å². The van der Waals surface area contributed by atoms with Crippen molar-refractivity contribution in [2.75, 3.05) is 28.6 Å². The van der Waals surface area contributed by atoms with E-state index < -0.39 is 11.8 Å². The molecule has 0 radical (unpaired) electrons. The second kappa shape index (κ2) is 8.04. The maximum absolute atomic E-state index is 13.2. The maximum atomic E-state index is 13.2. The van der Waals surface area contributed by atoms with E-state index in [9.17, 15) is 9.18 Å². The molecule has 1 saturated heterocycles. The molecular formula is C21H20FN5O. The van der Waals surface area contributed by atoms with Gasteiger partial charge in [-0.1, -0.05) is 18.2 Å². The maximum Gasteiger partial charge on any atom is 0.323 e. The summed E-state index contributed by atoms with van der Waals surface area (Å²) in [6.45, 7) is 2.07. The Kier molecular flexibility index (Phi) is 5.14. The smallest absolute Gasteiger partial charge is 0.323 e. The topological polar surface area (TPSA) is 70.2 Å². The Hall–Kier alpha value is -3.48. The van der Waals surface area contributed by atoms with E-state index in [-0.39, 0.29) is 0 Å². The van der Waals surface area contributed by atoms with Crippen molar-refractivity contribution in [3.8, 4) is 11.3 Å². The SMILES string of the molecule is O=C(Nc1ccc(-c2ccc(N3CCCC3)nn2)cc1)Nc1cccc(F)c1. The van der Waals surface area contributed by atoms with Crippen molar-refractivity contribution in [2.24, 2.45) is 0 Å². The van der Waals surface area contributed by atoms with Gasteiger partial charge in [0.05, 0.1) is 5.69 Å². The third-order valence-corrected chi connectivity index (χ3v) is 4.60. The molecule has 1 aliphatic heterocycles. The number of hydrogen-bond donors (Lipinski definition) is 2. The van der Waals surface area contributed by atoms with Gasteiger partial charge in [-0.2, -0.15) is 0 Å². The predicted octanol–water partition coefficient (Wildman–Crippen LogP) is 4.53. The van der Waals surface area contributed by atoms with Crippen molar-refractivity contribution >= 4 is 23.2 Å². The number of nitrogens with one attached hydrogen (secondary N) is 2. The van der Waals surface area contributed by atoms with Crippen LogP contribution < -0.4 is 15.5 Å². The van der Waals surface area contributed by atoms with Crippen LogP contribution in [0.25, 0.3) is 11.3 Å². The number of anilines is 3. The van der Waals surface area contributed by atoms with Crippen molar-refractivity contribution in [1.82, 2.24) is 10.2 Å². The molecule has 6 nitrogen and oxygen atoms in total. The van der Waals surface area contributed by atoms with E-state index in [1.54, 1.807) is 18.2 Å². The van der Waals surface area contributed by atoms with E-state index in [2.05, 4.69) is 25.7 Å². The number of aromatic nitrogens is 2. The first-order valence-corrected chi connectivity index (χ1v) is 9.20. The highest BCUT2D eigenvalue weighted by atomic mass is 19.1. The van der Waals surface area contributed by atoms with Crippen LogP contribution in [-0.2, 0) is 0 Å². The molecule has 0 atom stereocenters. The van der Waals surface area contributed by atoms with Crippen LogP contribution >= 0.6 is 0 Å². The number of rotatable bonds is 4. The molecule has 4 rings (SSSR count). The number of urea groups is 1. The summed E-state index contributed by atoms with van der Waals surface area (Å²) in [6, 6.07) is 16.6. The second-order valence-electron chi connectivity index (χ2n) is 6.64. The van der Waals surface area contributed by atoms with Gasteiger partial charge >= 0.3 is 6.03 Å². The van der Waals surface area contributed by atoms with Crippen LogP contribution in [0.3, 0.4) is 0 Å². The molecule has 0 unspecified atom stereocenters. The van der Waals surface area contributed by atoms with Gasteiger partial charge in [0, 0.05) is 30.0 Å². The van der Waals surface area contributed by atoms with E-state index in [4.69, 9.17) is 0 Å². The molecule has 0 saturated carbocycles. The minimum Gasteiger partial charge on any atom is -0.355 e. The number of nitrogens with zero attached hydrogens (tertiary/aromatic N) is 3. The van der Waals surface area contributed by atoms with Crippen LogP contribution in [0.1, 0.15) is 12.8 Å². The minimum absolute atomic E-state index is 0.391. The first-order chi connectivity index (χ1) is 13.7. The Morgan fingerprint density at radius 1 is 0.893 bits per heavy atom. The molecule has 3 aromatic rings. The molecule has 2 aromatic carbocycles. The number of benzene rings is 2. The van der Waals surface area contributed by atoms with E-state index in [1.165, 1.54) is 31.0 Å². The van der Waals surface area contributed by atoms with E-state index in [1.807, 2.05) is 24.3 Å². The van der Waals surface area contributed by atoms with Crippen LogP contribution in [0.2, 0.25) is 0 Å². The lowest BCUT2D eigenvalue weighted by Gasteiger charge is -2.15. The summed E-state index contributed by atoms with van der Waals surface area (Å²) in [5, 5.41) is 14.0. The number of amides is 2. The highest BCUT2D eigenvalue weighted by molar-refractivity contribution is 5.99. The van der Waals surface area contributed by atoms with Gasteiger partial charge < -0.3 is 15.5 Å². The summed E-state index contributed by atoms with van der Waals surface area (Å²) in [5.41, 5.74) is 2.71. The van der Waals surface area contributed by atoms with Gasteiger partial charge in [0.15, 0.2) is 5.82 Å². The lowest BCUT2D eigenvalue weighted by molar-refractivity contribution is 0.262. The fourth-order valence-corrected chi connectivity index (χ4v) is 3.18. The van der Waals surface area contributed by atoms with Crippen LogP contribution in [0, 0.1) is 5.82 Å². The molecule has 1 fully saturated rings. The van der Waals surface area contributed by atoms with Gasteiger partial charge in [-0.05, 0) is 55.3 Å². The summed E-state index contributed by atoms with van der Waals surface area (Å²) >= 11 is 0. The average molecular weight is 377 g/mol. The molecule has 2 heterocycles. The van der Waals surface area contributed by atoms with Crippen molar-refractivity contribution in [3.63, 3.8) is 0 Å². The van der Waals surface area contributed by atoms with E-state index in [0.717, 1.165) is 30.2 Å². The van der Waals surface area contributed by atoms with Gasteiger partial charge in [-0.15, -0.1) is 10.2 Å². The molecule has 0 spiro atoms. The zero-order valence-corrected chi connectivity index (χ0v) is 15.2. The monoisotopic (exact) mass is 377 g/mol. The number of carbonyl (C=O) groups is 1. The minimum atomic E-state index is -0.437. The Morgan fingerprint density at radius 3 is 2.32 bits per heavy atom. The second-order valence-corrected chi connectivity index (χ2v) is 6.64. The first kappa shape index (κ1) is 17.9. The molecule has 1 aromatic heterocycles. The van der Waals surface area contributed by atoms with E-state index in [0.29, 0.717) is 11.4 Å². The Labute approximate surface area is 162 Å². The van der Waals surface area contributed by atoms with Crippen LogP contribution in [0.4, 0.5) is 26.4 Å². The fraction of sp³-hybridized carbons (Fsp3) is 0.190. The standard InChI is InChI=1S/C21H20FN5O/c22-16-4-3-5-18(14-16)24-21(28)23-17-8-6-15(7-9-17)19-10-11-20(26-25-19)27-12-1-2-13-27/h3-11,14H,1-2,12-13H2,(H2,23,24,28). The Balaban J connectivity index is 1.38. The predicted molar refractivity (Wildman–Crippen MR) is 108 cm³/mol. The Bertz CT molecular complexity index is 953. The molecule has 2 N–H and O–H groups in total. The van der Waals surface area contributed by atoms with Crippen molar-refractivity contribution < 1.29 is 9.18 Å². The van der Waals surface area contributed by atoms with Gasteiger partial charge in [0.25, 0.3) is 0 Å². The summed E-state index contributed by atoms with van der Waals surface area (Å²) in [4.78, 5) is 14.3. The molecule has 2 amide bonds. The van der Waals surface area contributed by atoms with Crippen LogP contribution in [0.15, 0.2) is 60.7 Å². The zero-order chi connectivity index (χ0) is 19.3. The van der Waals surface area contributed by atoms with Gasteiger partial charge in [0.1, 0.15) is 5.82 Å². The molecule has 0 bridgehead atoms. The average Bonchev–Trinajstić information content (AvgIpc) is 3.23. The highest BCUT2D eigenvalue weighted by Crippen LogP contribution is 2.22. The van der Waals surface area contributed by atoms with Gasteiger partial charge in [-0.25, -0.2) is 9.18 Å². The molecular weight excluding hydrogens is 357 g/mol. The van der Waals surface area contributed by atoms with Crippen molar-refractivity contribution in [2.45, 2.75) is 12.8 Å². The number of halogens is 1. The normalized spacial score (nSPS) is 13.4. The molecule has 142 valence electrons. The van der Waals surface area contributed by atoms with E-state index >= 15 is 0 Å². The lowest BCUT2D eigenvalue weighted by atomic mass is 10.1. The first-order valence-electron chi connectivity index (χ1n) is 9.20. The highest BCUT2D eigenvalue weighted by Gasteiger charge is 2.14. The van der Waals surface area contributed by atoms with Gasteiger partial charge in [0.2, 0.25) is 0 Å². The number of hydrogen-bond acceptors (Lipinski definition) is 4. The van der Waals surface area contributed by atoms with Gasteiger partial charge in [-0.3, -0.25) is 0 Å². The van der Waals surface area contributed by atoms with Crippen LogP contribution in [0.5, 0.6) is 0 Å². The van der Waals surface area contributed by atoms with Crippen molar-refractivity contribution in [1.29, 1.82) is 0 Å². The third-order valence-electron chi connectivity index (χ3n) is 4.60. The number of carbonyl (C=O) groups excluding carboxylic acids is 1. The zero-order valence-electron chi connectivity index (χ0n) is 15.2. The summed E-state index contributed by atoms with van der Waals surface area (Å²) < 4.78 is 13.2. The lowest BCUT2D eigenvalue weighted by Crippen LogP contribution is -2.19. The summed E-state index contributed by atoms with van der Waals surface area (Å²) in [6.07, 6.45) is 2.40. The summed E-state index contributed by atoms with van der Waals surface area (Å²) in [7, 11) is 0. The third kappa shape index (κ3) is 4.25. The fourth-order valence-electron chi connectivity index (χ4n) is 3.18.